The van der Waals surface area contributed by atoms with Crippen molar-refractivity contribution in [1.82, 2.24) is 15.1 Å². The number of nitrogens with zero attached hydrogens (tertiary/aromatic N) is 2. The molecule has 0 saturated carbocycles. The third-order valence-electron chi connectivity index (χ3n) is 2.77. The lowest BCUT2D eigenvalue weighted by atomic mass is 10.1. The summed E-state index contributed by atoms with van der Waals surface area (Å²) in [6.07, 6.45) is -3.59. The van der Waals surface area contributed by atoms with Crippen molar-refractivity contribution in [2.75, 3.05) is 6.54 Å². The van der Waals surface area contributed by atoms with Crippen LogP contribution in [-0.4, -0.2) is 33.7 Å². The van der Waals surface area contributed by atoms with E-state index in [4.69, 9.17) is 5.11 Å². The zero-order chi connectivity index (χ0) is 14.6. The molecular weight excluding hydrogens is 271 g/mol. The molecule has 0 amide bonds. The summed E-state index contributed by atoms with van der Waals surface area (Å²) in [5, 5.41) is 15.6. The largest absolute Gasteiger partial charge is 0.415 e. The Hall–Kier alpha value is -1.86. The van der Waals surface area contributed by atoms with Crippen LogP contribution in [0.4, 0.5) is 13.2 Å². The highest BCUT2D eigenvalue weighted by molar-refractivity contribution is 5.40. The molecule has 1 aromatic carbocycles. The number of benzene rings is 1. The number of aliphatic hydroxyl groups excluding tert-OH is 1. The molecule has 1 unspecified atom stereocenters. The van der Waals surface area contributed by atoms with Crippen molar-refractivity contribution in [3.8, 4) is 5.69 Å². The van der Waals surface area contributed by atoms with Crippen LogP contribution < -0.4 is 5.32 Å². The Kier molecular flexibility index (Phi) is 4.41. The van der Waals surface area contributed by atoms with Crippen LogP contribution >= 0.6 is 0 Å². The molecule has 4 nitrogen and oxygen atoms in total. The Bertz CT molecular complexity index is 540. The van der Waals surface area contributed by atoms with Crippen LogP contribution in [-0.2, 0) is 6.54 Å². The van der Waals surface area contributed by atoms with Crippen LogP contribution in [0, 0.1) is 0 Å². The van der Waals surface area contributed by atoms with Gasteiger partial charge in [0.2, 0.25) is 0 Å². The summed E-state index contributed by atoms with van der Waals surface area (Å²) in [5.74, 6) is 0. The SMILES string of the molecule is OC(CNCc1ccccc1-n1cccn1)C(F)(F)F. The first-order valence-corrected chi connectivity index (χ1v) is 6.02. The topological polar surface area (TPSA) is 50.1 Å². The first kappa shape index (κ1) is 14.5. The molecule has 0 radical (unpaired) electrons. The smallest absolute Gasteiger partial charge is 0.382 e. The van der Waals surface area contributed by atoms with E-state index in [0.717, 1.165) is 11.3 Å². The number of hydrogen-bond donors (Lipinski definition) is 2. The normalized spacial score (nSPS) is 13.4. The van der Waals surface area contributed by atoms with Crippen molar-refractivity contribution in [2.24, 2.45) is 0 Å². The van der Waals surface area contributed by atoms with Crippen LogP contribution in [0.2, 0.25) is 0 Å². The Morgan fingerprint density at radius 2 is 2.00 bits per heavy atom. The fourth-order valence-electron chi connectivity index (χ4n) is 1.75. The fraction of sp³-hybridized carbons (Fsp3) is 0.308. The van der Waals surface area contributed by atoms with Crippen molar-refractivity contribution in [3.05, 3.63) is 48.3 Å². The fourth-order valence-corrected chi connectivity index (χ4v) is 1.75. The van der Waals surface area contributed by atoms with Crippen molar-refractivity contribution in [2.45, 2.75) is 18.8 Å². The average Bonchev–Trinajstić information content (AvgIpc) is 2.92. The van der Waals surface area contributed by atoms with E-state index in [1.54, 1.807) is 35.3 Å². The highest BCUT2D eigenvalue weighted by Gasteiger charge is 2.37. The van der Waals surface area contributed by atoms with E-state index in [9.17, 15) is 13.2 Å². The van der Waals surface area contributed by atoms with Gasteiger partial charge in [-0.3, -0.25) is 0 Å². The Balaban J connectivity index is 2.01. The maximum absolute atomic E-state index is 12.2. The summed E-state index contributed by atoms with van der Waals surface area (Å²) in [4.78, 5) is 0. The van der Waals surface area contributed by atoms with E-state index in [2.05, 4.69) is 10.4 Å². The van der Waals surface area contributed by atoms with Gasteiger partial charge in [-0.2, -0.15) is 18.3 Å². The van der Waals surface area contributed by atoms with Gasteiger partial charge in [0, 0.05) is 25.5 Å². The Morgan fingerprint density at radius 3 is 2.65 bits per heavy atom. The molecule has 0 aliphatic heterocycles. The lowest BCUT2D eigenvalue weighted by molar-refractivity contribution is -0.201. The van der Waals surface area contributed by atoms with Crippen LogP contribution in [0.15, 0.2) is 42.7 Å². The number of rotatable bonds is 5. The first-order chi connectivity index (χ1) is 9.48. The number of alkyl halides is 3. The van der Waals surface area contributed by atoms with Crippen molar-refractivity contribution < 1.29 is 18.3 Å². The third-order valence-corrected chi connectivity index (χ3v) is 2.77. The van der Waals surface area contributed by atoms with Gasteiger partial charge in [-0.05, 0) is 17.7 Å². The molecule has 2 aromatic rings. The molecule has 0 fully saturated rings. The zero-order valence-corrected chi connectivity index (χ0v) is 10.5. The van der Waals surface area contributed by atoms with Gasteiger partial charge in [0.05, 0.1) is 5.69 Å². The van der Waals surface area contributed by atoms with Gasteiger partial charge < -0.3 is 10.4 Å². The van der Waals surface area contributed by atoms with E-state index in [1.165, 1.54) is 0 Å². The molecule has 7 heteroatoms. The number of nitrogens with one attached hydrogen (secondary N) is 1. The van der Waals surface area contributed by atoms with Gasteiger partial charge in [0.25, 0.3) is 0 Å². The van der Waals surface area contributed by atoms with E-state index in [-0.39, 0.29) is 6.54 Å². The van der Waals surface area contributed by atoms with Crippen LogP contribution in [0.3, 0.4) is 0 Å². The second-order valence-electron chi connectivity index (χ2n) is 4.27. The molecule has 2 rings (SSSR count). The summed E-state index contributed by atoms with van der Waals surface area (Å²) < 4.78 is 38.2. The van der Waals surface area contributed by atoms with Gasteiger partial charge in [0.1, 0.15) is 0 Å². The molecule has 0 aliphatic carbocycles. The lowest BCUT2D eigenvalue weighted by Gasteiger charge is -2.16. The maximum Gasteiger partial charge on any atom is 0.415 e. The molecule has 2 N–H and O–H groups in total. The minimum atomic E-state index is -4.60. The van der Waals surface area contributed by atoms with Gasteiger partial charge in [-0.15, -0.1) is 0 Å². The molecule has 1 heterocycles. The number of aromatic nitrogens is 2. The highest BCUT2D eigenvalue weighted by atomic mass is 19.4. The maximum atomic E-state index is 12.2. The lowest BCUT2D eigenvalue weighted by Crippen LogP contribution is -2.38. The van der Waals surface area contributed by atoms with E-state index >= 15 is 0 Å². The minimum Gasteiger partial charge on any atom is -0.382 e. The Morgan fingerprint density at radius 1 is 1.25 bits per heavy atom. The first-order valence-electron chi connectivity index (χ1n) is 6.02. The summed E-state index contributed by atoms with van der Waals surface area (Å²) in [6, 6.07) is 9.00. The zero-order valence-electron chi connectivity index (χ0n) is 10.5. The quantitative estimate of drug-likeness (QED) is 0.882. The number of aliphatic hydroxyl groups is 1. The Labute approximate surface area is 113 Å². The number of para-hydroxylation sites is 1. The molecule has 1 aromatic heterocycles. The minimum absolute atomic E-state index is 0.211. The molecular formula is C13H14F3N3O. The molecule has 20 heavy (non-hydrogen) atoms. The second-order valence-corrected chi connectivity index (χ2v) is 4.27. The molecule has 1 atom stereocenters. The third kappa shape index (κ3) is 3.58. The molecule has 0 aliphatic rings. The van der Waals surface area contributed by atoms with Gasteiger partial charge in [-0.1, -0.05) is 18.2 Å². The predicted molar refractivity (Wildman–Crippen MR) is 67.3 cm³/mol. The van der Waals surface area contributed by atoms with Crippen LogP contribution in [0.1, 0.15) is 5.56 Å². The predicted octanol–water partition coefficient (Wildman–Crippen LogP) is 1.89. The van der Waals surface area contributed by atoms with Crippen LogP contribution in [0.5, 0.6) is 0 Å². The number of halogens is 3. The molecule has 0 saturated heterocycles. The van der Waals surface area contributed by atoms with Crippen molar-refractivity contribution in [3.63, 3.8) is 0 Å². The van der Waals surface area contributed by atoms with Crippen molar-refractivity contribution in [1.29, 1.82) is 0 Å². The van der Waals surface area contributed by atoms with Crippen molar-refractivity contribution >= 4 is 0 Å². The van der Waals surface area contributed by atoms with E-state index in [1.807, 2.05) is 12.1 Å². The van der Waals surface area contributed by atoms with E-state index < -0.39 is 18.8 Å². The van der Waals surface area contributed by atoms with Gasteiger partial charge in [-0.25, -0.2) is 4.68 Å². The molecule has 108 valence electrons. The highest BCUT2D eigenvalue weighted by Crippen LogP contribution is 2.19. The summed E-state index contributed by atoms with van der Waals surface area (Å²) in [5.41, 5.74) is 1.58. The average molecular weight is 285 g/mol. The van der Waals surface area contributed by atoms with E-state index in [0.29, 0.717) is 0 Å². The van der Waals surface area contributed by atoms with Gasteiger partial charge in [0.15, 0.2) is 6.10 Å². The standard InChI is InChI=1S/C13H14F3N3O/c14-13(15,16)12(20)9-17-8-10-4-1-2-5-11(10)19-7-3-6-18-19/h1-7,12,17,20H,8-9H2. The summed E-state index contributed by atoms with van der Waals surface area (Å²) in [7, 11) is 0. The summed E-state index contributed by atoms with van der Waals surface area (Å²) >= 11 is 0. The second kappa shape index (κ2) is 6.06. The monoisotopic (exact) mass is 285 g/mol. The number of hydrogen-bond acceptors (Lipinski definition) is 3. The van der Waals surface area contributed by atoms with Gasteiger partial charge >= 0.3 is 6.18 Å². The molecule has 0 bridgehead atoms. The summed E-state index contributed by atoms with van der Waals surface area (Å²) in [6.45, 7) is -0.333. The van der Waals surface area contributed by atoms with Crippen LogP contribution in [0.25, 0.3) is 5.69 Å². The molecule has 0 spiro atoms.